The number of fused-ring (bicyclic) bond motifs is 2. The lowest BCUT2D eigenvalue weighted by Crippen LogP contribution is -2.06. The lowest BCUT2D eigenvalue weighted by Gasteiger charge is -2.19. The SMILES string of the molecule is C=C1C=Cc2cc(-c3cc(Cl)c4ncsc4c3)c(-c3cccc(C#N)c3C)nc2N1. The maximum Gasteiger partial charge on any atom is 0.138 e. The predicted molar refractivity (Wildman–Crippen MR) is 125 cm³/mol. The number of pyridine rings is 1. The fourth-order valence-electron chi connectivity index (χ4n) is 3.66. The largest absolute Gasteiger partial charge is 0.340 e. The Morgan fingerprint density at radius 2 is 2.03 bits per heavy atom. The van der Waals surface area contributed by atoms with Crippen LogP contribution < -0.4 is 5.32 Å². The van der Waals surface area contributed by atoms with Crippen molar-refractivity contribution in [3.8, 4) is 28.5 Å². The van der Waals surface area contributed by atoms with Gasteiger partial charge in [0.1, 0.15) is 5.82 Å². The lowest BCUT2D eigenvalue weighted by atomic mass is 9.93. The number of benzene rings is 2. The van der Waals surface area contributed by atoms with Gasteiger partial charge in [-0.05, 0) is 54.5 Å². The van der Waals surface area contributed by atoms with Gasteiger partial charge < -0.3 is 5.32 Å². The molecule has 0 spiro atoms. The second-order valence-corrected chi connectivity index (χ2v) is 8.35. The van der Waals surface area contributed by atoms with Gasteiger partial charge in [0.05, 0.1) is 38.1 Å². The molecule has 1 aliphatic heterocycles. The number of nitriles is 1. The predicted octanol–water partition coefficient (Wildman–Crippen LogP) is 6.81. The van der Waals surface area contributed by atoms with Gasteiger partial charge in [-0.1, -0.05) is 30.3 Å². The summed E-state index contributed by atoms with van der Waals surface area (Å²) in [6.07, 6.45) is 3.92. The number of rotatable bonds is 2. The number of halogens is 1. The topological polar surface area (TPSA) is 61.6 Å². The van der Waals surface area contributed by atoms with Crippen molar-refractivity contribution in [2.24, 2.45) is 0 Å². The second kappa shape index (κ2) is 7.10. The van der Waals surface area contributed by atoms with E-state index >= 15 is 0 Å². The smallest absolute Gasteiger partial charge is 0.138 e. The van der Waals surface area contributed by atoms with Crippen LogP contribution in [0.15, 0.2) is 60.3 Å². The van der Waals surface area contributed by atoms with Crippen molar-refractivity contribution in [2.75, 3.05) is 5.32 Å². The number of thiazole rings is 1. The summed E-state index contributed by atoms with van der Waals surface area (Å²) >= 11 is 8.09. The number of anilines is 1. The van der Waals surface area contributed by atoms with E-state index in [9.17, 15) is 5.26 Å². The summed E-state index contributed by atoms with van der Waals surface area (Å²) in [7, 11) is 0. The van der Waals surface area contributed by atoms with E-state index in [1.54, 1.807) is 16.8 Å². The van der Waals surface area contributed by atoms with Gasteiger partial charge in [-0.25, -0.2) is 9.97 Å². The van der Waals surface area contributed by atoms with Crippen LogP contribution in [-0.2, 0) is 0 Å². The molecule has 3 heterocycles. The number of nitrogens with one attached hydrogen (secondary N) is 1. The highest BCUT2D eigenvalue weighted by Crippen LogP contribution is 2.40. The molecule has 30 heavy (non-hydrogen) atoms. The molecule has 2 aromatic carbocycles. The molecule has 0 atom stereocenters. The summed E-state index contributed by atoms with van der Waals surface area (Å²) in [4.78, 5) is 9.31. The van der Waals surface area contributed by atoms with Crippen LogP contribution in [0.2, 0.25) is 5.02 Å². The Morgan fingerprint density at radius 1 is 1.17 bits per heavy atom. The van der Waals surface area contributed by atoms with E-state index in [1.807, 2.05) is 43.3 Å². The van der Waals surface area contributed by atoms with E-state index in [1.165, 1.54) is 0 Å². The van der Waals surface area contributed by atoms with Gasteiger partial charge in [0.25, 0.3) is 0 Å². The van der Waals surface area contributed by atoms with Crippen molar-refractivity contribution < 1.29 is 0 Å². The first-order valence-electron chi connectivity index (χ1n) is 9.27. The van der Waals surface area contributed by atoms with Gasteiger partial charge in [-0.2, -0.15) is 5.26 Å². The van der Waals surface area contributed by atoms with Crippen LogP contribution in [0.4, 0.5) is 5.82 Å². The molecular weight excluding hydrogens is 412 g/mol. The summed E-state index contributed by atoms with van der Waals surface area (Å²) in [5, 5.41) is 13.4. The minimum absolute atomic E-state index is 0.608. The quantitative estimate of drug-likeness (QED) is 0.382. The third kappa shape index (κ3) is 2.98. The fourth-order valence-corrected chi connectivity index (χ4v) is 4.72. The number of allylic oxidation sites excluding steroid dienone is 1. The van der Waals surface area contributed by atoms with Crippen LogP contribution in [-0.4, -0.2) is 9.97 Å². The minimum atomic E-state index is 0.608. The number of nitrogens with zero attached hydrogens (tertiary/aromatic N) is 3. The maximum atomic E-state index is 9.51. The molecule has 0 unspecified atom stereocenters. The van der Waals surface area contributed by atoms with Crippen molar-refractivity contribution in [3.63, 3.8) is 0 Å². The number of hydrogen-bond acceptors (Lipinski definition) is 5. The van der Waals surface area contributed by atoms with E-state index in [0.717, 1.165) is 55.2 Å². The summed E-state index contributed by atoms with van der Waals surface area (Å²) in [6.45, 7) is 5.93. The fraction of sp³-hybridized carbons (Fsp3) is 0.0417. The van der Waals surface area contributed by atoms with Gasteiger partial charge >= 0.3 is 0 Å². The summed E-state index contributed by atoms with van der Waals surface area (Å²) in [5.41, 5.74) is 9.48. The Kier molecular flexibility index (Phi) is 4.39. The Morgan fingerprint density at radius 3 is 2.87 bits per heavy atom. The molecule has 4 aromatic rings. The number of hydrogen-bond donors (Lipinski definition) is 1. The molecule has 144 valence electrons. The van der Waals surface area contributed by atoms with E-state index in [0.29, 0.717) is 10.6 Å². The minimum Gasteiger partial charge on any atom is -0.340 e. The molecular formula is C24H15ClN4S. The van der Waals surface area contributed by atoms with E-state index < -0.39 is 0 Å². The van der Waals surface area contributed by atoms with Gasteiger partial charge in [0.2, 0.25) is 0 Å². The van der Waals surface area contributed by atoms with Crippen molar-refractivity contribution in [3.05, 3.63) is 82.0 Å². The third-order valence-corrected chi connectivity index (χ3v) is 6.27. The average molecular weight is 427 g/mol. The molecule has 0 fully saturated rings. The van der Waals surface area contributed by atoms with Crippen molar-refractivity contribution in [1.29, 1.82) is 5.26 Å². The van der Waals surface area contributed by atoms with Gasteiger partial charge in [0.15, 0.2) is 0 Å². The Balaban J connectivity index is 1.83. The molecule has 4 nitrogen and oxygen atoms in total. The molecule has 0 saturated carbocycles. The van der Waals surface area contributed by atoms with Crippen LogP contribution in [0.1, 0.15) is 16.7 Å². The highest BCUT2D eigenvalue weighted by atomic mass is 35.5. The molecule has 6 heteroatoms. The molecule has 1 N–H and O–H groups in total. The van der Waals surface area contributed by atoms with E-state index in [4.69, 9.17) is 16.6 Å². The van der Waals surface area contributed by atoms with Crippen molar-refractivity contribution >= 4 is 45.0 Å². The normalized spacial score (nSPS) is 12.5. The van der Waals surface area contributed by atoms with Crippen molar-refractivity contribution in [1.82, 2.24) is 9.97 Å². The Hall–Kier alpha value is -3.46. The van der Waals surface area contributed by atoms with Crippen molar-refractivity contribution in [2.45, 2.75) is 6.92 Å². The molecule has 0 bridgehead atoms. The maximum absolute atomic E-state index is 9.51. The standard InChI is InChI=1S/C24H15ClN4S/c1-13-6-7-15-8-19(17-9-20(25)23-21(10-17)30-12-27-23)22(29-24(15)28-13)18-5-3-4-16(11-26)14(18)2/h3-10,12H,1H2,2H3,(H,28,29). The second-order valence-electron chi connectivity index (χ2n) is 7.05. The number of aromatic nitrogens is 2. The molecule has 5 rings (SSSR count). The van der Waals surface area contributed by atoms with Crippen LogP contribution in [0.3, 0.4) is 0 Å². The average Bonchev–Trinajstić information content (AvgIpc) is 3.22. The summed E-state index contributed by atoms with van der Waals surface area (Å²) in [5.74, 6) is 0.743. The van der Waals surface area contributed by atoms with E-state index in [2.05, 4.69) is 35.1 Å². The molecule has 1 aliphatic rings. The highest BCUT2D eigenvalue weighted by Gasteiger charge is 2.19. The molecule has 2 aromatic heterocycles. The van der Waals surface area contributed by atoms with Gasteiger partial charge in [-0.15, -0.1) is 11.3 Å². The van der Waals surface area contributed by atoms with Gasteiger partial charge in [0, 0.05) is 22.4 Å². The van der Waals surface area contributed by atoms with Crippen LogP contribution in [0.25, 0.3) is 38.7 Å². The summed E-state index contributed by atoms with van der Waals surface area (Å²) < 4.78 is 1.02. The Bertz CT molecular complexity index is 1430. The highest BCUT2D eigenvalue weighted by molar-refractivity contribution is 7.16. The zero-order chi connectivity index (χ0) is 20.8. The first-order chi connectivity index (χ1) is 14.5. The third-order valence-electron chi connectivity index (χ3n) is 5.21. The van der Waals surface area contributed by atoms with Gasteiger partial charge in [-0.3, -0.25) is 0 Å². The Labute approximate surface area is 182 Å². The summed E-state index contributed by atoms with van der Waals surface area (Å²) in [6, 6.07) is 14.1. The van der Waals surface area contributed by atoms with Crippen LogP contribution in [0.5, 0.6) is 0 Å². The monoisotopic (exact) mass is 426 g/mol. The van der Waals surface area contributed by atoms with Crippen LogP contribution in [0, 0.1) is 18.3 Å². The first-order valence-corrected chi connectivity index (χ1v) is 10.5. The zero-order valence-corrected chi connectivity index (χ0v) is 17.6. The molecule has 0 amide bonds. The van der Waals surface area contributed by atoms with Crippen LogP contribution >= 0.6 is 22.9 Å². The first kappa shape index (κ1) is 18.6. The lowest BCUT2D eigenvalue weighted by molar-refractivity contribution is 1.25. The molecule has 0 radical (unpaired) electrons. The molecule has 0 aliphatic carbocycles. The van der Waals surface area contributed by atoms with E-state index in [-0.39, 0.29) is 0 Å². The zero-order valence-electron chi connectivity index (χ0n) is 16.0. The molecule has 0 saturated heterocycles.